The number of aliphatic hydroxyl groups excluding tert-OH is 1. The van der Waals surface area contributed by atoms with Crippen LogP contribution >= 0.6 is 0 Å². The van der Waals surface area contributed by atoms with E-state index in [1.54, 1.807) is 30.5 Å². The fourth-order valence-electron chi connectivity index (χ4n) is 3.78. The van der Waals surface area contributed by atoms with Gasteiger partial charge in [0.15, 0.2) is 11.3 Å². The molecule has 0 fully saturated rings. The van der Waals surface area contributed by atoms with Crippen LogP contribution in [-0.2, 0) is 22.4 Å². The molecule has 0 spiro atoms. The van der Waals surface area contributed by atoms with Crippen molar-refractivity contribution in [2.24, 2.45) is 0 Å². The lowest BCUT2D eigenvalue weighted by Gasteiger charge is -2.35. The number of hydrogen-bond donors (Lipinski definition) is 2. The molecule has 3 aromatic rings. The minimum atomic E-state index is -1.83. The molecule has 0 aliphatic rings. The van der Waals surface area contributed by atoms with Crippen LogP contribution in [0.3, 0.4) is 0 Å². The van der Waals surface area contributed by atoms with Gasteiger partial charge < -0.3 is 19.7 Å². The number of amides is 2. The van der Waals surface area contributed by atoms with Crippen LogP contribution in [0.4, 0.5) is 0 Å². The number of benzene rings is 2. The number of aliphatic hydroxyl groups is 1. The van der Waals surface area contributed by atoms with Crippen LogP contribution in [-0.4, -0.2) is 53.8 Å². The van der Waals surface area contributed by atoms with E-state index in [9.17, 15) is 19.5 Å². The summed E-state index contributed by atoms with van der Waals surface area (Å²) in [6, 6.07) is 18.6. The molecule has 3 rings (SSSR count). The third-order valence-corrected chi connectivity index (χ3v) is 6.24. The van der Waals surface area contributed by atoms with Crippen molar-refractivity contribution in [2.45, 2.75) is 31.7 Å². The van der Waals surface area contributed by atoms with Crippen LogP contribution < -0.4 is 5.32 Å². The lowest BCUT2D eigenvalue weighted by molar-refractivity contribution is -0.143. The Morgan fingerprint density at radius 3 is 2.11 bits per heavy atom. The van der Waals surface area contributed by atoms with E-state index < -0.39 is 29.7 Å². The summed E-state index contributed by atoms with van der Waals surface area (Å²) in [5.74, 6) is 5.23. The van der Waals surface area contributed by atoms with Gasteiger partial charge in [0.25, 0.3) is 11.8 Å². The molecule has 2 amide bonds. The Morgan fingerprint density at radius 1 is 0.972 bits per heavy atom. The summed E-state index contributed by atoms with van der Waals surface area (Å²) < 4.78 is 5.36. The number of carbonyl (C=O) groups excluding carboxylic acids is 3. The first-order valence-corrected chi connectivity index (χ1v) is 11.7. The van der Waals surface area contributed by atoms with Gasteiger partial charge >= 0.3 is 0 Å². The van der Waals surface area contributed by atoms with Crippen LogP contribution in [0.1, 0.15) is 46.2 Å². The van der Waals surface area contributed by atoms with Crippen LogP contribution in [0.2, 0.25) is 0 Å². The van der Waals surface area contributed by atoms with E-state index in [2.05, 4.69) is 29.3 Å². The lowest BCUT2D eigenvalue weighted by Crippen LogP contribution is -2.62. The molecule has 0 unspecified atom stereocenters. The van der Waals surface area contributed by atoms with Crippen molar-refractivity contribution in [2.75, 3.05) is 20.7 Å². The molecule has 2 aromatic carbocycles. The fourth-order valence-corrected chi connectivity index (χ4v) is 3.78. The molecule has 1 heterocycles. The Labute approximate surface area is 211 Å². The second-order valence-electron chi connectivity index (χ2n) is 8.55. The van der Waals surface area contributed by atoms with Gasteiger partial charge in [-0.05, 0) is 73.9 Å². The minimum absolute atomic E-state index is 0.294. The first-order valence-electron chi connectivity index (χ1n) is 11.7. The zero-order chi connectivity index (χ0) is 26.1. The summed E-state index contributed by atoms with van der Waals surface area (Å²) >= 11 is 0. The molecule has 0 saturated carbocycles. The first-order chi connectivity index (χ1) is 17.3. The number of furan rings is 1. The standard InChI is InChI=1S/C29H30N2O5/c1-29(26(33)20-32,28(35)30-2)31(3)27(34)24-17-15-23(16-18-24)14-13-22-11-9-21(10-12-22)6-4-7-25-8-5-19-36-25/h5,8-12,15-19,32H,4,6-7,20H2,1-3H3,(H,30,35)/t29-/m1/s1. The number of carbonyl (C=O) groups is 3. The van der Waals surface area contributed by atoms with E-state index in [1.165, 1.54) is 26.6 Å². The van der Waals surface area contributed by atoms with Gasteiger partial charge in [0.2, 0.25) is 0 Å². The summed E-state index contributed by atoms with van der Waals surface area (Å²) in [4.78, 5) is 38.6. The SMILES string of the molecule is CNC(=O)[C@@](C)(C(=O)CO)N(C)C(=O)c1ccc(C#Cc2ccc(CCCc3ccco3)cc2)cc1. The molecule has 0 aliphatic heterocycles. The van der Waals surface area contributed by atoms with Gasteiger partial charge in [0.05, 0.1) is 6.26 Å². The molecular formula is C29H30N2O5. The highest BCUT2D eigenvalue weighted by Crippen LogP contribution is 2.19. The van der Waals surface area contributed by atoms with Crippen molar-refractivity contribution in [3.8, 4) is 11.8 Å². The Balaban J connectivity index is 1.63. The molecule has 1 aromatic heterocycles. The maximum Gasteiger partial charge on any atom is 0.254 e. The second-order valence-corrected chi connectivity index (χ2v) is 8.55. The monoisotopic (exact) mass is 486 g/mol. The quantitative estimate of drug-likeness (QED) is 0.358. The van der Waals surface area contributed by atoms with Gasteiger partial charge in [-0.15, -0.1) is 0 Å². The van der Waals surface area contributed by atoms with E-state index in [-0.39, 0.29) is 0 Å². The minimum Gasteiger partial charge on any atom is -0.469 e. The maximum absolute atomic E-state index is 13.0. The first kappa shape index (κ1) is 26.5. The van der Waals surface area contributed by atoms with Gasteiger partial charge in [0.1, 0.15) is 12.4 Å². The van der Waals surface area contributed by atoms with Gasteiger partial charge in [-0.3, -0.25) is 14.4 Å². The van der Waals surface area contributed by atoms with E-state index in [1.807, 2.05) is 24.3 Å². The highest BCUT2D eigenvalue weighted by atomic mass is 16.3. The molecule has 186 valence electrons. The van der Waals surface area contributed by atoms with Crippen LogP contribution in [0.25, 0.3) is 0 Å². The number of rotatable bonds is 9. The van der Waals surface area contributed by atoms with Crippen molar-refractivity contribution in [1.29, 1.82) is 0 Å². The van der Waals surface area contributed by atoms with E-state index >= 15 is 0 Å². The number of hydrogen-bond acceptors (Lipinski definition) is 5. The Morgan fingerprint density at radius 2 is 1.58 bits per heavy atom. The number of aryl methyl sites for hydroxylation is 2. The number of Topliss-reactive ketones (excluding diaryl/α,β-unsaturated/α-hetero) is 1. The highest BCUT2D eigenvalue weighted by Gasteiger charge is 2.46. The number of nitrogens with one attached hydrogen (secondary N) is 1. The summed E-state index contributed by atoms with van der Waals surface area (Å²) in [6.07, 6.45) is 4.57. The molecule has 0 aliphatic carbocycles. The summed E-state index contributed by atoms with van der Waals surface area (Å²) in [5, 5.41) is 11.7. The zero-order valence-electron chi connectivity index (χ0n) is 20.7. The van der Waals surface area contributed by atoms with Crippen molar-refractivity contribution < 1.29 is 23.9 Å². The molecular weight excluding hydrogens is 456 g/mol. The van der Waals surface area contributed by atoms with Gasteiger partial charge in [0, 0.05) is 37.2 Å². The van der Waals surface area contributed by atoms with Crippen molar-refractivity contribution in [1.82, 2.24) is 10.2 Å². The Hall–Kier alpha value is -4.15. The zero-order valence-corrected chi connectivity index (χ0v) is 20.7. The summed E-state index contributed by atoms with van der Waals surface area (Å²) in [5.41, 5.74) is 1.31. The number of nitrogens with zero attached hydrogens (tertiary/aromatic N) is 1. The fraction of sp³-hybridized carbons (Fsp3) is 0.276. The average molecular weight is 487 g/mol. The van der Waals surface area contributed by atoms with E-state index in [0.29, 0.717) is 5.56 Å². The van der Waals surface area contributed by atoms with Crippen molar-refractivity contribution in [3.63, 3.8) is 0 Å². The van der Waals surface area contributed by atoms with Crippen molar-refractivity contribution in [3.05, 3.63) is 94.9 Å². The van der Waals surface area contributed by atoms with E-state index in [4.69, 9.17) is 4.42 Å². The molecule has 0 bridgehead atoms. The number of ketones is 1. The predicted octanol–water partition coefficient (Wildman–Crippen LogP) is 2.99. The normalized spacial score (nSPS) is 12.1. The third-order valence-electron chi connectivity index (χ3n) is 6.24. The molecule has 7 nitrogen and oxygen atoms in total. The van der Waals surface area contributed by atoms with Gasteiger partial charge in [-0.1, -0.05) is 24.0 Å². The van der Waals surface area contributed by atoms with Crippen LogP contribution in [0.15, 0.2) is 71.3 Å². The molecule has 0 saturated heterocycles. The third kappa shape index (κ3) is 6.09. The molecule has 36 heavy (non-hydrogen) atoms. The second kappa shape index (κ2) is 12.0. The maximum atomic E-state index is 13.0. The van der Waals surface area contributed by atoms with Gasteiger partial charge in [-0.25, -0.2) is 0 Å². The average Bonchev–Trinajstić information content (AvgIpc) is 3.44. The smallest absolute Gasteiger partial charge is 0.254 e. The highest BCUT2D eigenvalue weighted by molar-refractivity contribution is 6.14. The Bertz CT molecular complexity index is 1230. The van der Waals surface area contributed by atoms with Crippen LogP contribution in [0, 0.1) is 11.8 Å². The topological polar surface area (TPSA) is 99.9 Å². The summed E-state index contributed by atoms with van der Waals surface area (Å²) in [6.45, 7) is 0.453. The molecule has 0 radical (unpaired) electrons. The molecule has 7 heteroatoms. The van der Waals surface area contributed by atoms with Gasteiger partial charge in [-0.2, -0.15) is 0 Å². The largest absolute Gasteiger partial charge is 0.469 e. The molecule has 1 atom stereocenters. The predicted molar refractivity (Wildman–Crippen MR) is 136 cm³/mol. The molecule has 2 N–H and O–H groups in total. The summed E-state index contributed by atoms with van der Waals surface area (Å²) in [7, 11) is 2.73. The Kier molecular flexibility index (Phi) is 8.82. The lowest BCUT2D eigenvalue weighted by atomic mass is 9.92. The van der Waals surface area contributed by atoms with E-state index in [0.717, 1.165) is 41.0 Å². The van der Waals surface area contributed by atoms with Crippen LogP contribution in [0.5, 0.6) is 0 Å². The van der Waals surface area contributed by atoms with Crippen molar-refractivity contribution >= 4 is 17.6 Å². The number of likely N-dealkylation sites (N-methyl/N-ethyl adjacent to an activating group) is 2.